The second-order valence-electron chi connectivity index (χ2n) is 4.44. The summed E-state index contributed by atoms with van der Waals surface area (Å²) in [4.78, 5) is 12.1. The predicted molar refractivity (Wildman–Crippen MR) is 71.4 cm³/mol. The van der Waals surface area contributed by atoms with Gasteiger partial charge in [0.1, 0.15) is 11.6 Å². The van der Waals surface area contributed by atoms with E-state index in [9.17, 15) is 9.18 Å². The van der Waals surface area contributed by atoms with Crippen molar-refractivity contribution in [2.75, 3.05) is 11.1 Å². The fraction of sp³-hybridized carbons (Fsp3) is 0.231. The molecule has 0 aliphatic heterocycles. The van der Waals surface area contributed by atoms with Crippen LogP contribution in [0.3, 0.4) is 0 Å². The van der Waals surface area contributed by atoms with Gasteiger partial charge in [0.2, 0.25) is 0 Å². The van der Waals surface area contributed by atoms with Gasteiger partial charge >= 0.3 is 0 Å². The van der Waals surface area contributed by atoms with E-state index in [2.05, 4.69) is 10.4 Å². The normalized spacial score (nSPS) is 10.7. The molecule has 100 valence electrons. The number of carbonyl (C=O) groups is 1. The molecule has 0 aliphatic rings. The molecule has 2 rings (SSSR count). The van der Waals surface area contributed by atoms with E-state index in [1.807, 2.05) is 13.8 Å². The van der Waals surface area contributed by atoms with Crippen molar-refractivity contribution in [3.63, 3.8) is 0 Å². The van der Waals surface area contributed by atoms with Crippen LogP contribution in [0.4, 0.5) is 15.9 Å². The van der Waals surface area contributed by atoms with Gasteiger partial charge in [-0.3, -0.25) is 4.79 Å². The van der Waals surface area contributed by atoms with Crippen molar-refractivity contribution in [1.82, 2.24) is 9.78 Å². The molecule has 2 aromatic rings. The smallest absolute Gasteiger partial charge is 0.259 e. The Morgan fingerprint density at radius 1 is 1.42 bits per heavy atom. The van der Waals surface area contributed by atoms with Crippen molar-refractivity contribution in [3.05, 3.63) is 41.8 Å². The number of rotatable bonds is 3. The van der Waals surface area contributed by atoms with E-state index in [1.165, 1.54) is 12.1 Å². The molecule has 0 unspecified atom stereocenters. The molecule has 1 heterocycles. The van der Waals surface area contributed by atoms with Gasteiger partial charge in [0.15, 0.2) is 0 Å². The summed E-state index contributed by atoms with van der Waals surface area (Å²) in [6.45, 7) is 3.89. The first kappa shape index (κ1) is 13.1. The highest BCUT2D eigenvalue weighted by atomic mass is 19.1. The molecule has 0 aliphatic carbocycles. The quantitative estimate of drug-likeness (QED) is 0.834. The summed E-state index contributed by atoms with van der Waals surface area (Å²) in [7, 11) is 0. The number of nitrogens with two attached hydrogens (primary N) is 1. The molecule has 1 aromatic carbocycles. The molecular formula is C13H15FN4O. The summed E-state index contributed by atoms with van der Waals surface area (Å²) in [6, 6.07) is 5.47. The third-order valence-corrected chi connectivity index (χ3v) is 2.66. The number of aromatic nitrogens is 2. The molecule has 0 saturated carbocycles. The molecule has 5 nitrogen and oxygen atoms in total. The first-order chi connectivity index (χ1) is 8.99. The summed E-state index contributed by atoms with van der Waals surface area (Å²) in [5.41, 5.74) is 6.01. The molecule has 1 amide bonds. The van der Waals surface area contributed by atoms with Crippen molar-refractivity contribution in [1.29, 1.82) is 0 Å². The zero-order chi connectivity index (χ0) is 14.0. The Hall–Kier alpha value is -2.37. The zero-order valence-corrected chi connectivity index (χ0v) is 10.7. The Kier molecular flexibility index (Phi) is 3.50. The Morgan fingerprint density at radius 2 is 2.16 bits per heavy atom. The first-order valence-corrected chi connectivity index (χ1v) is 5.89. The van der Waals surface area contributed by atoms with Crippen LogP contribution in [-0.2, 0) is 0 Å². The Balaban J connectivity index is 2.26. The van der Waals surface area contributed by atoms with Gasteiger partial charge in [0, 0.05) is 17.8 Å². The molecule has 3 N–H and O–H groups in total. The third-order valence-electron chi connectivity index (χ3n) is 2.66. The first-order valence-electron chi connectivity index (χ1n) is 5.89. The van der Waals surface area contributed by atoms with Crippen LogP contribution in [0.5, 0.6) is 0 Å². The van der Waals surface area contributed by atoms with E-state index in [4.69, 9.17) is 5.73 Å². The number of amides is 1. The number of nitrogens with zero attached hydrogens (tertiary/aromatic N) is 2. The van der Waals surface area contributed by atoms with E-state index in [1.54, 1.807) is 16.9 Å². The van der Waals surface area contributed by atoms with Crippen molar-refractivity contribution in [3.8, 4) is 0 Å². The molecule has 0 fully saturated rings. The van der Waals surface area contributed by atoms with Gasteiger partial charge in [-0.15, -0.1) is 0 Å². The lowest BCUT2D eigenvalue weighted by atomic mass is 10.1. The summed E-state index contributed by atoms with van der Waals surface area (Å²) < 4.78 is 14.8. The zero-order valence-electron chi connectivity index (χ0n) is 10.7. The molecule has 0 spiro atoms. The van der Waals surface area contributed by atoms with Crippen molar-refractivity contribution < 1.29 is 9.18 Å². The summed E-state index contributed by atoms with van der Waals surface area (Å²) in [5, 5.41) is 6.77. The molecule has 0 radical (unpaired) electrons. The minimum atomic E-state index is -0.503. The van der Waals surface area contributed by atoms with Gasteiger partial charge in [0.25, 0.3) is 5.91 Å². The van der Waals surface area contributed by atoms with Crippen LogP contribution in [-0.4, -0.2) is 15.7 Å². The number of nitrogens with one attached hydrogen (secondary N) is 1. The van der Waals surface area contributed by atoms with Crippen molar-refractivity contribution in [2.45, 2.75) is 19.9 Å². The number of anilines is 2. The highest BCUT2D eigenvalue weighted by molar-refractivity contribution is 6.07. The molecule has 6 heteroatoms. The lowest BCUT2D eigenvalue weighted by Gasteiger charge is -2.12. The van der Waals surface area contributed by atoms with Crippen LogP contribution in [0.2, 0.25) is 0 Å². The summed E-state index contributed by atoms with van der Waals surface area (Å²) in [6.07, 6.45) is 1.59. The van der Waals surface area contributed by atoms with Gasteiger partial charge in [0.05, 0.1) is 11.8 Å². The topological polar surface area (TPSA) is 72.9 Å². The maximum Gasteiger partial charge on any atom is 0.259 e. The van der Waals surface area contributed by atoms with E-state index < -0.39 is 11.7 Å². The van der Waals surface area contributed by atoms with Crippen LogP contribution in [0.1, 0.15) is 30.2 Å². The van der Waals surface area contributed by atoms with E-state index in [-0.39, 0.29) is 17.3 Å². The van der Waals surface area contributed by atoms with Crippen LogP contribution in [0.15, 0.2) is 30.5 Å². The highest BCUT2D eigenvalue weighted by Gasteiger charge is 2.14. The average molecular weight is 262 g/mol. The lowest BCUT2D eigenvalue weighted by Crippen LogP contribution is -2.18. The second-order valence-corrected chi connectivity index (χ2v) is 4.44. The van der Waals surface area contributed by atoms with Crippen LogP contribution < -0.4 is 11.1 Å². The lowest BCUT2D eigenvalue weighted by molar-refractivity contribution is 0.102. The van der Waals surface area contributed by atoms with Crippen LogP contribution >= 0.6 is 0 Å². The Bertz CT molecular complexity index is 606. The van der Waals surface area contributed by atoms with Gasteiger partial charge in [-0.1, -0.05) is 0 Å². The number of carbonyl (C=O) groups excluding carboxylic acids is 1. The molecular weight excluding hydrogens is 247 g/mol. The Labute approximate surface area is 110 Å². The minimum Gasteiger partial charge on any atom is -0.398 e. The standard InChI is InChI=1S/C13H15FN4O/c1-8(2)18-12(5-6-16-18)17-13(19)10-7-9(14)3-4-11(10)15/h3-8H,15H2,1-2H3,(H,17,19). The van der Waals surface area contributed by atoms with Crippen molar-refractivity contribution >= 4 is 17.4 Å². The molecule has 0 bridgehead atoms. The number of benzene rings is 1. The largest absolute Gasteiger partial charge is 0.398 e. The number of nitrogen functional groups attached to an aromatic ring is 1. The third kappa shape index (κ3) is 2.73. The monoisotopic (exact) mass is 262 g/mol. The fourth-order valence-electron chi connectivity index (χ4n) is 1.73. The molecule has 0 saturated heterocycles. The van der Waals surface area contributed by atoms with E-state index >= 15 is 0 Å². The van der Waals surface area contributed by atoms with Gasteiger partial charge in [-0.2, -0.15) is 5.10 Å². The number of halogens is 1. The maximum absolute atomic E-state index is 13.1. The second kappa shape index (κ2) is 5.09. The number of hydrogen-bond acceptors (Lipinski definition) is 3. The highest BCUT2D eigenvalue weighted by Crippen LogP contribution is 2.18. The average Bonchev–Trinajstić information content (AvgIpc) is 2.80. The van der Waals surface area contributed by atoms with Gasteiger partial charge < -0.3 is 11.1 Å². The van der Waals surface area contributed by atoms with Gasteiger partial charge in [-0.05, 0) is 32.0 Å². The van der Waals surface area contributed by atoms with Crippen molar-refractivity contribution in [2.24, 2.45) is 0 Å². The summed E-state index contributed by atoms with van der Waals surface area (Å²) in [5.74, 6) is -0.417. The fourth-order valence-corrected chi connectivity index (χ4v) is 1.73. The van der Waals surface area contributed by atoms with Crippen LogP contribution in [0.25, 0.3) is 0 Å². The molecule has 19 heavy (non-hydrogen) atoms. The number of hydrogen-bond donors (Lipinski definition) is 2. The van der Waals surface area contributed by atoms with Crippen LogP contribution in [0, 0.1) is 5.82 Å². The molecule has 1 aromatic heterocycles. The summed E-state index contributed by atoms with van der Waals surface area (Å²) >= 11 is 0. The minimum absolute atomic E-state index is 0.107. The van der Waals surface area contributed by atoms with Gasteiger partial charge in [-0.25, -0.2) is 9.07 Å². The maximum atomic E-state index is 13.1. The SMILES string of the molecule is CC(C)n1nccc1NC(=O)c1cc(F)ccc1N. The predicted octanol–water partition coefficient (Wildman–Crippen LogP) is 2.44. The Morgan fingerprint density at radius 3 is 2.84 bits per heavy atom. The molecule has 0 atom stereocenters. The van der Waals surface area contributed by atoms with E-state index in [0.29, 0.717) is 5.82 Å². The van der Waals surface area contributed by atoms with E-state index in [0.717, 1.165) is 6.07 Å².